The second-order valence-electron chi connectivity index (χ2n) is 9.73. The lowest BCUT2D eigenvalue weighted by molar-refractivity contribution is 0.159. The van der Waals surface area contributed by atoms with Gasteiger partial charge in [-0.1, -0.05) is 35.9 Å². The van der Waals surface area contributed by atoms with E-state index >= 15 is 0 Å². The van der Waals surface area contributed by atoms with Crippen molar-refractivity contribution in [3.05, 3.63) is 100 Å². The number of piperazine rings is 1. The maximum absolute atomic E-state index is 14.2. The third kappa shape index (κ3) is 5.76. The van der Waals surface area contributed by atoms with E-state index in [0.29, 0.717) is 51.3 Å². The molecule has 0 bridgehead atoms. The van der Waals surface area contributed by atoms with E-state index in [1.165, 1.54) is 22.7 Å². The van der Waals surface area contributed by atoms with E-state index in [4.69, 9.17) is 4.74 Å². The lowest BCUT2D eigenvalue weighted by Gasteiger charge is -2.33. The smallest absolute Gasteiger partial charge is 0.211 e. The fourth-order valence-electron chi connectivity index (χ4n) is 5.10. The van der Waals surface area contributed by atoms with Crippen LogP contribution in [0.2, 0.25) is 0 Å². The van der Waals surface area contributed by atoms with Crippen LogP contribution in [0.25, 0.3) is 11.1 Å². The number of hydrogen-bond acceptors (Lipinski definition) is 4. The predicted molar refractivity (Wildman–Crippen MR) is 142 cm³/mol. The standard InChI is InChI=1S/C29H30F2N2O3S/c1-20-3-5-21(6-4-20)28-18-22-17-26(36-14-13-32-9-11-33(12-10-32)37(2,34)35)7-8-27(22)29(28)23-15-24(30)19-25(31)16-23/h3-8,15-17,19H,9-14,18H2,1-2H3. The zero-order valence-corrected chi connectivity index (χ0v) is 21.8. The first kappa shape index (κ1) is 25.6. The summed E-state index contributed by atoms with van der Waals surface area (Å²) in [6, 6.07) is 17.7. The fraction of sp³-hybridized carbons (Fsp3) is 0.310. The summed E-state index contributed by atoms with van der Waals surface area (Å²) in [5.74, 6) is -0.462. The van der Waals surface area contributed by atoms with Gasteiger partial charge in [-0.3, -0.25) is 4.90 Å². The summed E-state index contributed by atoms with van der Waals surface area (Å²) >= 11 is 0. The molecule has 0 radical (unpaired) electrons. The number of rotatable bonds is 7. The maximum Gasteiger partial charge on any atom is 0.211 e. The highest BCUT2D eigenvalue weighted by Gasteiger charge is 2.26. The van der Waals surface area contributed by atoms with Crippen LogP contribution in [-0.2, 0) is 16.4 Å². The van der Waals surface area contributed by atoms with Crippen molar-refractivity contribution < 1.29 is 21.9 Å². The van der Waals surface area contributed by atoms with Crippen molar-refractivity contribution in [1.29, 1.82) is 0 Å². The normalized spacial score (nSPS) is 16.8. The number of allylic oxidation sites excluding steroid dienone is 1. The topological polar surface area (TPSA) is 49.9 Å². The first-order valence-electron chi connectivity index (χ1n) is 12.4. The molecule has 8 heteroatoms. The minimum Gasteiger partial charge on any atom is -0.492 e. The molecule has 1 aliphatic heterocycles. The molecular weight excluding hydrogens is 494 g/mol. The summed E-state index contributed by atoms with van der Waals surface area (Å²) in [4.78, 5) is 2.20. The molecule has 0 spiro atoms. The third-order valence-electron chi connectivity index (χ3n) is 7.04. The quantitative estimate of drug-likeness (QED) is 0.448. The zero-order valence-electron chi connectivity index (χ0n) is 21.0. The lowest BCUT2D eigenvalue weighted by Crippen LogP contribution is -2.49. The Morgan fingerprint density at radius 1 is 0.865 bits per heavy atom. The van der Waals surface area contributed by atoms with Gasteiger partial charge in [0.05, 0.1) is 6.26 Å². The van der Waals surface area contributed by atoms with E-state index in [0.717, 1.165) is 45.2 Å². The van der Waals surface area contributed by atoms with E-state index < -0.39 is 21.7 Å². The van der Waals surface area contributed by atoms with E-state index in [1.54, 1.807) is 0 Å². The van der Waals surface area contributed by atoms with Crippen molar-refractivity contribution in [2.24, 2.45) is 0 Å². The molecule has 5 rings (SSSR count). The van der Waals surface area contributed by atoms with Crippen LogP contribution in [0.5, 0.6) is 5.75 Å². The average molecular weight is 525 g/mol. The number of hydrogen-bond donors (Lipinski definition) is 0. The van der Waals surface area contributed by atoms with Crippen LogP contribution in [-0.4, -0.2) is 63.2 Å². The van der Waals surface area contributed by atoms with Gasteiger partial charge in [0, 0.05) is 38.8 Å². The van der Waals surface area contributed by atoms with E-state index in [2.05, 4.69) is 4.90 Å². The molecule has 2 aliphatic rings. The highest BCUT2D eigenvalue weighted by Crippen LogP contribution is 2.43. The number of aryl methyl sites for hydroxylation is 1. The van der Waals surface area contributed by atoms with E-state index in [1.807, 2.05) is 49.4 Å². The summed E-state index contributed by atoms with van der Waals surface area (Å²) in [7, 11) is -3.15. The van der Waals surface area contributed by atoms with Crippen molar-refractivity contribution in [3.8, 4) is 5.75 Å². The Morgan fingerprint density at radius 2 is 1.54 bits per heavy atom. The number of ether oxygens (including phenoxy) is 1. The highest BCUT2D eigenvalue weighted by molar-refractivity contribution is 7.88. The van der Waals surface area contributed by atoms with Gasteiger partial charge in [0.15, 0.2) is 0 Å². The molecule has 0 unspecified atom stereocenters. The van der Waals surface area contributed by atoms with Gasteiger partial charge in [-0.25, -0.2) is 17.2 Å². The summed E-state index contributed by atoms with van der Waals surface area (Å²) in [6.07, 6.45) is 1.88. The number of fused-ring (bicyclic) bond motifs is 1. The van der Waals surface area contributed by atoms with Gasteiger partial charge in [-0.15, -0.1) is 0 Å². The van der Waals surface area contributed by atoms with Crippen molar-refractivity contribution >= 4 is 21.2 Å². The Hall–Kier alpha value is -3.07. The van der Waals surface area contributed by atoms with Gasteiger partial charge in [-0.2, -0.15) is 4.31 Å². The van der Waals surface area contributed by atoms with Crippen LogP contribution in [0.1, 0.15) is 27.8 Å². The third-order valence-corrected chi connectivity index (χ3v) is 8.35. The molecule has 1 heterocycles. The minimum absolute atomic E-state index is 0.484. The molecule has 0 N–H and O–H groups in total. The molecule has 3 aromatic rings. The van der Waals surface area contributed by atoms with Crippen molar-refractivity contribution in [3.63, 3.8) is 0 Å². The van der Waals surface area contributed by atoms with Crippen molar-refractivity contribution in [1.82, 2.24) is 9.21 Å². The molecule has 1 aliphatic carbocycles. The second-order valence-corrected chi connectivity index (χ2v) is 11.7. The van der Waals surface area contributed by atoms with Crippen LogP contribution in [0.3, 0.4) is 0 Å². The predicted octanol–water partition coefficient (Wildman–Crippen LogP) is 4.74. The van der Waals surface area contributed by atoms with Crippen LogP contribution in [0.4, 0.5) is 8.78 Å². The van der Waals surface area contributed by atoms with E-state index in [-0.39, 0.29) is 0 Å². The largest absolute Gasteiger partial charge is 0.492 e. The molecule has 194 valence electrons. The molecule has 0 aromatic heterocycles. The van der Waals surface area contributed by atoms with Gasteiger partial charge in [0.1, 0.15) is 24.0 Å². The summed E-state index contributed by atoms with van der Waals surface area (Å²) < 4.78 is 59.3. The van der Waals surface area contributed by atoms with Crippen LogP contribution < -0.4 is 4.74 Å². The zero-order chi connectivity index (χ0) is 26.2. The molecule has 3 aromatic carbocycles. The van der Waals surface area contributed by atoms with Gasteiger partial charge >= 0.3 is 0 Å². The van der Waals surface area contributed by atoms with Crippen LogP contribution in [0.15, 0.2) is 60.7 Å². The molecule has 0 atom stereocenters. The Morgan fingerprint density at radius 3 is 2.19 bits per heavy atom. The van der Waals surface area contributed by atoms with Gasteiger partial charge < -0.3 is 4.74 Å². The Labute approximate surface area is 217 Å². The molecule has 37 heavy (non-hydrogen) atoms. The van der Waals surface area contributed by atoms with Crippen LogP contribution >= 0.6 is 0 Å². The van der Waals surface area contributed by atoms with Gasteiger partial charge in [0.2, 0.25) is 10.0 Å². The Kier molecular flexibility index (Phi) is 7.16. The number of halogens is 2. The highest BCUT2D eigenvalue weighted by atomic mass is 32.2. The SMILES string of the molecule is Cc1ccc(C2=C(c3cc(F)cc(F)c3)c3ccc(OCCN4CCN(S(C)(=O)=O)CC4)cc3C2)cc1. The first-order chi connectivity index (χ1) is 17.7. The first-order valence-corrected chi connectivity index (χ1v) is 14.2. The molecule has 1 fully saturated rings. The fourth-order valence-corrected chi connectivity index (χ4v) is 5.92. The summed E-state index contributed by atoms with van der Waals surface area (Å²) in [5, 5.41) is 0. The number of benzene rings is 3. The number of nitrogens with zero attached hydrogens (tertiary/aromatic N) is 2. The molecule has 0 amide bonds. The van der Waals surface area contributed by atoms with Crippen molar-refractivity contribution in [2.75, 3.05) is 45.6 Å². The Bertz CT molecular complexity index is 1420. The molecule has 1 saturated heterocycles. The average Bonchev–Trinajstić information content (AvgIpc) is 3.22. The molecular formula is C29H30F2N2O3S. The van der Waals surface area contributed by atoms with Gasteiger partial charge in [-0.05, 0) is 71.0 Å². The van der Waals surface area contributed by atoms with Crippen LogP contribution in [0, 0.1) is 18.6 Å². The summed E-state index contributed by atoms with van der Waals surface area (Å²) in [6.45, 7) is 5.56. The monoisotopic (exact) mass is 524 g/mol. The molecule has 0 saturated carbocycles. The lowest BCUT2D eigenvalue weighted by atomic mass is 9.94. The minimum atomic E-state index is -3.15. The number of sulfonamides is 1. The van der Waals surface area contributed by atoms with Gasteiger partial charge in [0.25, 0.3) is 0 Å². The summed E-state index contributed by atoms with van der Waals surface area (Å²) in [5.41, 5.74) is 6.56. The maximum atomic E-state index is 14.2. The van der Waals surface area contributed by atoms with Crippen molar-refractivity contribution in [2.45, 2.75) is 13.3 Å². The Balaban J connectivity index is 1.33. The van der Waals surface area contributed by atoms with E-state index in [9.17, 15) is 17.2 Å². The molecule has 5 nitrogen and oxygen atoms in total. The second kappa shape index (κ2) is 10.4.